The number of hydrogen-bond donors (Lipinski definition) is 1. The van der Waals surface area contributed by atoms with E-state index in [0.29, 0.717) is 0 Å². The van der Waals surface area contributed by atoms with E-state index in [1.54, 1.807) is 6.21 Å². The van der Waals surface area contributed by atoms with Gasteiger partial charge in [-0.1, -0.05) is 84.9 Å². The highest BCUT2D eigenvalue weighted by molar-refractivity contribution is 6.09. The van der Waals surface area contributed by atoms with Crippen LogP contribution in [0.3, 0.4) is 0 Å². The number of benzene rings is 4. The van der Waals surface area contributed by atoms with Crippen LogP contribution in [0.5, 0.6) is 0 Å². The summed E-state index contributed by atoms with van der Waals surface area (Å²) in [6.07, 6.45) is 2.52. The first kappa shape index (κ1) is 21.4. The lowest BCUT2D eigenvalue weighted by Crippen LogP contribution is -2.25. The SMILES string of the molecule is CCn1c2ccccc2c2cc(/C=N\NC(=O)[C@H]3CC3(c3ccccc3)c3ccccc3)ccc21. The van der Waals surface area contributed by atoms with Crippen molar-refractivity contribution in [1.82, 2.24) is 9.99 Å². The van der Waals surface area contributed by atoms with Gasteiger partial charge in [-0.3, -0.25) is 4.79 Å². The number of hydrogen-bond acceptors (Lipinski definition) is 2. The zero-order valence-electron chi connectivity index (χ0n) is 19.7. The molecule has 1 aromatic heterocycles. The molecule has 1 aliphatic carbocycles. The standard InChI is InChI=1S/C31H27N3O/c1-2-34-28-16-10-9-15-25(28)26-19-22(17-18-29(26)34)21-32-33-30(35)27-20-31(27,23-11-5-3-6-12-23)24-13-7-4-8-14-24/h3-19,21,27H,2,20H2,1H3,(H,33,35)/b32-21-/t27-/m1/s1. The van der Waals surface area contributed by atoms with Crippen LogP contribution in [0.2, 0.25) is 0 Å². The number of fused-ring (bicyclic) bond motifs is 3. The van der Waals surface area contributed by atoms with Crippen LogP contribution in [0.25, 0.3) is 21.8 Å². The van der Waals surface area contributed by atoms with Crippen LogP contribution < -0.4 is 5.43 Å². The highest BCUT2D eigenvalue weighted by Crippen LogP contribution is 2.58. The summed E-state index contributed by atoms with van der Waals surface area (Å²) in [6.45, 7) is 3.08. The monoisotopic (exact) mass is 457 g/mol. The molecule has 0 bridgehead atoms. The summed E-state index contributed by atoms with van der Waals surface area (Å²) in [7, 11) is 0. The molecular formula is C31H27N3O. The number of amides is 1. The van der Waals surface area contributed by atoms with Gasteiger partial charge in [0.1, 0.15) is 0 Å². The van der Waals surface area contributed by atoms with Gasteiger partial charge in [-0.25, -0.2) is 5.43 Å². The van der Waals surface area contributed by atoms with E-state index in [9.17, 15) is 4.79 Å². The largest absolute Gasteiger partial charge is 0.341 e. The Morgan fingerprint density at radius 1 is 0.886 bits per heavy atom. The second-order valence-corrected chi connectivity index (χ2v) is 9.23. The molecule has 35 heavy (non-hydrogen) atoms. The lowest BCUT2D eigenvalue weighted by atomic mass is 9.85. The number of hydrazone groups is 1. The topological polar surface area (TPSA) is 46.4 Å². The van der Waals surface area contributed by atoms with Gasteiger partial charge in [-0.15, -0.1) is 0 Å². The van der Waals surface area contributed by atoms with Crippen molar-refractivity contribution in [1.29, 1.82) is 0 Å². The van der Waals surface area contributed by atoms with Gasteiger partial charge in [0.25, 0.3) is 0 Å². The quantitative estimate of drug-likeness (QED) is 0.237. The minimum atomic E-state index is -0.289. The van der Waals surface area contributed by atoms with Gasteiger partial charge in [0.2, 0.25) is 5.91 Å². The fourth-order valence-corrected chi connectivity index (χ4v) is 5.60. The van der Waals surface area contributed by atoms with Gasteiger partial charge in [0.15, 0.2) is 0 Å². The normalized spacial score (nSPS) is 16.7. The molecule has 0 spiro atoms. The molecule has 4 aromatic carbocycles. The maximum atomic E-state index is 13.2. The molecule has 0 radical (unpaired) electrons. The van der Waals surface area contributed by atoms with Crippen LogP contribution in [0, 0.1) is 5.92 Å². The Morgan fingerprint density at radius 2 is 1.51 bits per heavy atom. The molecule has 0 aliphatic heterocycles. The molecule has 1 heterocycles. The molecular weight excluding hydrogens is 430 g/mol. The molecule has 1 saturated carbocycles. The van der Waals surface area contributed by atoms with E-state index < -0.39 is 0 Å². The van der Waals surface area contributed by atoms with Crippen molar-refractivity contribution in [3.63, 3.8) is 0 Å². The van der Waals surface area contributed by atoms with E-state index in [0.717, 1.165) is 18.5 Å². The number of para-hydroxylation sites is 1. The van der Waals surface area contributed by atoms with Crippen LogP contribution in [0.15, 0.2) is 108 Å². The van der Waals surface area contributed by atoms with Gasteiger partial charge < -0.3 is 4.57 Å². The van der Waals surface area contributed by atoms with E-state index >= 15 is 0 Å². The third-order valence-corrected chi connectivity index (χ3v) is 7.36. The summed E-state index contributed by atoms with van der Waals surface area (Å²) in [5.41, 5.74) is 8.28. The Labute approximate surface area is 204 Å². The fourth-order valence-electron chi connectivity index (χ4n) is 5.60. The Morgan fingerprint density at radius 3 is 2.20 bits per heavy atom. The maximum Gasteiger partial charge on any atom is 0.244 e. The summed E-state index contributed by atoms with van der Waals surface area (Å²) >= 11 is 0. The fraction of sp³-hybridized carbons (Fsp3) is 0.161. The second-order valence-electron chi connectivity index (χ2n) is 9.23. The van der Waals surface area contributed by atoms with Crippen LogP contribution in [0.1, 0.15) is 30.0 Å². The van der Waals surface area contributed by atoms with E-state index in [1.807, 2.05) is 36.4 Å². The van der Waals surface area contributed by atoms with Gasteiger partial charge >= 0.3 is 0 Å². The first-order valence-electron chi connectivity index (χ1n) is 12.2. The summed E-state index contributed by atoms with van der Waals surface area (Å²) < 4.78 is 2.33. The van der Waals surface area contributed by atoms with Crippen molar-refractivity contribution in [3.8, 4) is 0 Å². The van der Waals surface area contributed by atoms with E-state index in [4.69, 9.17) is 0 Å². The average Bonchev–Trinajstić information content (AvgIpc) is 3.61. The molecule has 1 aliphatic rings. The molecule has 172 valence electrons. The molecule has 1 N–H and O–H groups in total. The molecule has 0 saturated heterocycles. The van der Waals surface area contributed by atoms with Gasteiger partial charge in [0.05, 0.1) is 12.1 Å². The maximum absolute atomic E-state index is 13.2. The van der Waals surface area contributed by atoms with E-state index in [-0.39, 0.29) is 17.2 Å². The molecule has 5 aromatic rings. The van der Waals surface area contributed by atoms with Crippen LogP contribution in [-0.2, 0) is 16.8 Å². The lowest BCUT2D eigenvalue weighted by molar-refractivity contribution is -0.122. The van der Waals surface area contributed by atoms with Gasteiger partial charge in [0, 0.05) is 33.8 Å². The van der Waals surface area contributed by atoms with Crippen molar-refractivity contribution < 1.29 is 4.79 Å². The number of aromatic nitrogens is 1. The molecule has 4 nitrogen and oxygen atoms in total. The number of carbonyl (C=O) groups excluding carboxylic acids is 1. The Hall–Kier alpha value is -4.18. The van der Waals surface area contributed by atoms with Crippen molar-refractivity contribution >= 4 is 33.9 Å². The number of rotatable bonds is 6. The molecule has 1 fully saturated rings. The van der Waals surface area contributed by atoms with Crippen molar-refractivity contribution in [3.05, 3.63) is 120 Å². The molecule has 6 rings (SSSR count). The Kier molecular flexibility index (Phi) is 5.22. The lowest BCUT2D eigenvalue weighted by Gasteiger charge is -2.18. The summed E-state index contributed by atoms with van der Waals surface area (Å²) in [5.74, 6) is -0.188. The number of nitrogens with zero attached hydrogens (tertiary/aromatic N) is 2. The average molecular weight is 458 g/mol. The molecule has 0 unspecified atom stereocenters. The highest BCUT2D eigenvalue weighted by atomic mass is 16.2. The molecule has 4 heteroatoms. The molecule has 1 amide bonds. The van der Waals surface area contributed by atoms with E-state index in [1.165, 1.54) is 32.9 Å². The summed E-state index contributed by atoms with van der Waals surface area (Å²) in [4.78, 5) is 13.2. The summed E-state index contributed by atoms with van der Waals surface area (Å²) in [6, 6.07) is 35.5. The first-order valence-corrected chi connectivity index (χ1v) is 12.2. The zero-order chi connectivity index (χ0) is 23.8. The van der Waals surface area contributed by atoms with Crippen LogP contribution in [-0.4, -0.2) is 16.7 Å². The molecule has 1 atom stereocenters. The smallest absolute Gasteiger partial charge is 0.244 e. The van der Waals surface area contributed by atoms with Crippen molar-refractivity contribution in [2.24, 2.45) is 11.0 Å². The third kappa shape index (κ3) is 3.53. The van der Waals surface area contributed by atoms with Gasteiger partial charge in [-0.2, -0.15) is 5.10 Å². The minimum absolute atomic E-state index is 0.0439. The Bertz CT molecular complexity index is 1510. The summed E-state index contributed by atoms with van der Waals surface area (Å²) in [5, 5.41) is 6.77. The highest BCUT2D eigenvalue weighted by Gasteiger charge is 2.60. The number of nitrogens with one attached hydrogen (secondary N) is 1. The predicted molar refractivity (Wildman–Crippen MR) is 143 cm³/mol. The van der Waals surface area contributed by atoms with E-state index in [2.05, 4.69) is 88.7 Å². The first-order chi connectivity index (χ1) is 17.2. The predicted octanol–water partition coefficient (Wildman–Crippen LogP) is 6.27. The number of aryl methyl sites for hydroxylation is 1. The Balaban J connectivity index is 1.25. The third-order valence-electron chi connectivity index (χ3n) is 7.36. The van der Waals surface area contributed by atoms with Crippen LogP contribution in [0.4, 0.5) is 0 Å². The van der Waals surface area contributed by atoms with Crippen molar-refractivity contribution in [2.45, 2.75) is 25.3 Å². The van der Waals surface area contributed by atoms with Gasteiger partial charge in [-0.05, 0) is 48.2 Å². The van der Waals surface area contributed by atoms with Crippen molar-refractivity contribution in [2.75, 3.05) is 0 Å². The number of carbonyl (C=O) groups is 1. The second kappa shape index (κ2) is 8.55. The van der Waals surface area contributed by atoms with Crippen LogP contribution >= 0.6 is 0 Å². The minimum Gasteiger partial charge on any atom is -0.341 e. The zero-order valence-corrected chi connectivity index (χ0v) is 19.7.